The molecule has 0 spiro atoms. The summed E-state index contributed by atoms with van der Waals surface area (Å²) in [5, 5.41) is 5.49. The highest BCUT2D eigenvalue weighted by Crippen LogP contribution is 2.22. The molecule has 0 fully saturated rings. The van der Waals surface area contributed by atoms with Crippen molar-refractivity contribution in [2.75, 3.05) is 13.1 Å². The number of benzene rings is 2. The standard InChI is InChI=1S/C22H20N4O3/c1-15-25-18-14-16(9-10-19(18)26(15)17-6-3-2-4-7-17)21(27)23-11-12-24-22(28)20-8-5-13-29-20/h2-10,13-14H,11-12H2,1H3,(H,23,27)(H,24,28). The predicted molar refractivity (Wildman–Crippen MR) is 109 cm³/mol. The van der Waals surface area contributed by atoms with E-state index in [1.165, 1.54) is 6.26 Å². The Morgan fingerprint density at radius 2 is 1.72 bits per heavy atom. The van der Waals surface area contributed by atoms with E-state index in [2.05, 4.69) is 20.2 Å². The van der Waals surface area contributed by atoms with Crippen molar-refractivity contribution in [3.63, 3.8) is 0 Å². The summed E-state index contributed by atoms with van der Waals surface area (Å²) < 4.78 is 7.08. The normalized spacial score (nSPS) is 10.8. The number of aromatic nitrogens is 2. The summed E-state index contributed by atoms with van der Waals surface area (Å²) in [5.41, 5.74) is 3.24. The summed E-state index contributed by atoms with van der Waals surface area (Å²) in [5.74, 6) is 0.564. The van der Waals surface area contributed by atoms with E-state index in [0.29, 0.717) is 18.7 Å². The lowest BCUT2D eigenvalue weighted by Gasteiger charge is -2.08. The maximum Gasteiger partial charge on any atom is 0.287 e. The Balaban J connectivity index is 1.41. The number of hydrogen-bond donors (Lipinski definition) is 2. The van der Waals surface area contributed by atoms with E-state index in [9.17, 15) is 9.59 Å². The van der Waals surface area contributed by atoms with Gasteiger partial charge in [0.2, 0.25) is 0 Å². The third kappa shape index (κ3) is 3.89. The number of imidazole rings is 1. The minimum absolute atomic E-state index is 0.217. The molecule has 0 aliphatic heterocycles. The van der Waals surface area contributed by atoms with Gasteiger partial charge in [-0.05, 0) is 49.4 Å². The summed E-state index contributed by atoms with van der Waals surface area (Å²) in [7, 11) is 0. The molecule has 0 saturated heterocycles. The number of aryl methyl sites for hydroxylation is 1. The molecule has 7 heteroatoms. The molecular formula is C22H20N4O3. The maximum atomic E-state index is 12.4. The molecular weight excluding hydrogens is 368 g/mol. The molecule has 0 saturated carbocycles. The molecule has 0 aliphatic carbocycles. The molecule has 0 unspecified atom stereocenters. The van der Waals surface area contributed by atoms with Gasteiger partial charge in [-0.15, -0.1) is 0 Å². The van der Waals surface area contributed by atoms with E-state index in [0.717, 1.165) is 22.5 Å². The molecule has 2 amide bonds. The van der Waals surface area contributed by atoms with Crippen LogP contribution in [0, 0.1) is 6.92 Å². The molecule has 0 bridgehead atoms. The molecule has 4 aromatic rings. The molecule has 0 radical (unpaired) electrons. The van der Waals surface area contributed by atoms with Gasteiger partial charge < -0.3 is 15.1 Å². The zero-order valence-electron chi connectivity index (χ0n) is 15.9. The molecule has 29 heavy (non-hydrogen) atoms. The van der Waals surface area contributed by atoms with Crippen LogP contribution in [0.1, 0.15) is 26.7 Å². The number of para-hydroxylation sites is 1. The summed E-state index contributed by atoms with van der Waals surface area (Å²) in [6, 6.07) is 18.6. The summed E-state index contributed by atoms with van der Waals surface area (Å²) in [6.45, 7) is 2.55. The summed E-state index contributed by atoms with van der Waals surface area (Å²) in [6.07, 6.45) is 1.44. The van der Waals surface area contributed by atoms with Crippen molar-refractivity contribution < 1.29 is 14.0 Å². The van der Waals surface area contributed by atoms with E-state index in [-0.39, 0.29) is 17.6 Å². The van der Waals surface area contributed by atoms with E-state index >= 15 is 0 Å². The molecule has 4 rings (SSSR count). The van der Waals surface area contributed by atoms with E-state index in [1.54, 1.807) is 24.3 Å². The number of amides is 2. The maximum absolute atomic E-state index is 12.4. The lowest BCUT2D eigenvalue weighted by molar-refractivity contribution is 0.0910. The van der Waals surface area contributed by atoms with Crippen molar-refractivity contribution in [2.45, 2.75) is 6.92 Å². The second-order valence-corrected chi connectivity index (χ2v) is 6.52. The van der Waals surface area contributed by atoms with Gasteiger partial charge in [-0.1, -0.05) is 18.2 Å². The van der Waals surface area contributed by atoms with Crippen molar-refractivity contribution in [3.8, 4) is 5.69 Å². The highest BCUT2D eigenvalue weighted by atomic mass is 16.3. The first-order chi connectivity index (χ1) is 14.1. The Kier molecular flexibility index (Phi) is 5.11. The second kappa shape index (κ2) is 8.02. The molecule has 2 aromatic carbocycles. The largest absolute Gasteiger partial charge is 0.459 e. The topological polar surface area (TPSA) is 89.2 Å². The SMILES string of the molecule is Cc1nc2cc(C(=O)NCCNC(=O)c3ccco3)ccc2n1-c1ccccc1. The quantitative estimate of drug-likeness (QED) is 0.497. The zero-order valence-corrected chi connectivity index (χ0v) is 15.9. The fourth-order valence-corrected chi connectivity index (χ4v) is 3.19. The molecule has 2 N–H and O–H groups in total. The van der Waals surface area contributed by atoms with Crippen molar-refractivity contribution >= 4 is 22.8 Å². The fraction of sp³-hybridized carbons (Fsp3) is 0.136. The van der Waals surface area contributed by atoms with Crippen molar-refractivity contribution in [1.82, 2.24) is 20.2 Å². The first kappa shape index (κ1) is 18.5. The van der Waals surface area contributed by atoms with Gasteiger partial charge in [0, 0.05) is 24.3 Å². The van der Waals surface area contributed by atoms with Crippen LogP contribution in [-0.2, 0) is 0 Å². The minimum atomic E-state index is -0.312. The van der Waals surface area contributed by atoms with Crippen LogP contribution in [0.5, 0.6) is 0 Å². The van der Waals surface area contributed by atoms with Crippen molar-refractivity contribution in [1.29, 1.82) is 0 Å². The van der Waals surface area contributed by atoms with Crippen LogP contribution >= 0.6 is 0 Å². The Morgan fingerprint density at radius 1 is 0.966 bits per heavy atom. The van der Waals surface area contributed by atoms with Gasteiger partial charge in [0.05, 0.1) is 17.3 Å². The van der Waals surface area contributed by atoms with Crippen LogP contribution in [0.2, 0.25) is 0 Å². The lowest BCUT2D eigenvalue weighted by Crippen LogP contribution is -2.34. The smallest absolute Gasteiger partial charge is 0.287 e. The van der Waals surface area contributed by atoms with Gasteiger partial charge >= 0.3 is 0 Å². The second-order valence-electron chi connectivity index (χ2n) is 6.52. The third-order valence-corrected chi connectivity index (χ3v) is 4.54. The number of nitrogens with one attached hydrogen (secondary N) is 2. The number of fused-ring (bicyclic) bond motifs is 1. The van der Waals surface area contributed by atoms with E-state index in [1.807, 2.05) is 43.3 Å². The average Bonchev–Trinajstić information content (AvgIpc) is 3.38. The van der Waals surface area contributed by atoms with E-state index in [4.69, 9.17) is 4.42 Å². The molecule has 0 aliphatic rings. The van der Waals surface area contributed by atoms with Gasteiger partial charge in [-0.3, -0.25) is 14.2 Å². The molecule has 0 atom stereocenters. The van der Waals surface area contributed by atoms with Crippen LogP contribution < -0.4 is 10.6 Å². The monoisotopic (exact) mass is 388 g/mol. The number of hydrogen-bond acceptors (Lipinski definition) is 4. The summed E-state index contributed by atoms with van der Waals surface area (Å²) in [4.78, 5) is 28.8. The highest BCUT2D eigenvalue weighted by molar-refractivity contribution is 5.97. The Hall–Kier alpha value is -3.87. The van der Waals surface area contributed by atoms with Crippen LogP contribution in [0.25, 0.3) is 16.7 Å². The van der Waals surface area contributed by atoms with Crippen LogP contribution in [0.4, 0.5) is 0 Å². The van der Waals surface area contributed by atoms with Crippen molar-refractivity contribution in [2.24, 2.45) is 0 Å². The molecule has 2 aromatic heterocycles. The molecule has 7 nitrogen and oxygen atoms in total. The van der Waals surface area contributed by atoms with Gasteiger partial charge in [-0.2, -0.15) is 0 Å². The van der Waals surface area contributed by atoms with E-state index < -0.39 is 0 Å². The zero-order chi connectivity index (χ0) is 20.2. The third-order valence-electron chi connectivity index (χ3n) is 4.54. The first-order valence-electron chi connectivity index (χ1n) is 9.28. The van der Waals surface area contributed by atoms with Crippen LogP contribution in [0.3, 0.4) is 0 Å². The van der Waals surface area contributed by atoms with Crippen molar-refractivity contribution in [3.05, 3.63) is 84.1 Å². The minimum Gasteiger partial charge on any atom is -0.459 e. The number of furan rings is 1. The summed E-state index contributed by atoms with van der Waals surface area (Å²) >= 11 is 0. The number of rotatable bonds is 6. The lowest BCUT2D eigenvalue weighted by atomic mass is 10.2. The van der Waals surface area contributed by atoms with Gasteiger partial charge in [0.1, 0.15) is 5.82 Å². The Bertz CT molecular complexity index is 1150. The molecule has 146 valence electrons. The Labute approximate surface area is 167 Å². The first-order valence-corrected chi connectivity index (χ1v) is 9.28. The van der Waals surface area contributed by atoms with Crippen LogP contribution in [0.15, 0.2) is 71.3 Å². The molecule has 2 heterocycles. The average molecular weight is 388 g/mol. The van der Waals surface area contributed by atoms with Gasteiger partial charge in [0.25, 0.3) is 11.8 Å². The van der Waals surface area contributed by atoms with Crippen LogP contribution in [-0.4, -0.2) is 34.5 Å². The number of carbonyl (C=O) groups is 2. The van der Waals surface area contributed by atoms with Gasteiger partial charge in [0.15, 0.2) is 5.76 Å². The predicted octanol–water partition coefficient (Wildman–Crippen LogP) is 3.09. The Morgan fingerprint density at radius 3 is 2.45 bits per heavy atom. The number of carbonyl (C=O) groups excluding carboxylic acids is 2. The van der Waals surface area contributed by atoms with Gasteiger partial charge in [-0.25, -0.2) is 4.98 Å². The highest BCUT2D eigenvalue weighted by Gasteiger charge is 2.13. The number of nitrogens with zero attached hydrogens (tertiary/aromatic N) is 2. The fourth-order valence-electron chi connectivity index (χ4n) is 3.19.